The highest BCUT2D eigenvalue weighted by atomic mass is 16.5. The molecule has 1 saturated heterocycles. The van der Waals surface area contributed by atoms with Crippen LogP contribution in [0.25, 0.3) is 0 Å². The highest BCUT2D eigenvalue weighted by molar-refractivity contribution is 5.77. The van der Waals surface area contributed by atoms with Gasteiger partial charge >= 0.3 is 0 Å². The number of pyridine rings is 1. The van der Waals surface area contributed by atoms with Gasteiger partial charge < -0.3 is 9.64 Å². The summed E-state index contributed by atoms with van der Waals surface area (Å²) in [5.41, 5.74) is 1.64. The molecule has 4 fully saturated rings. The maximum Gasteiger partial charge on any atom is 0.222 e. The van der Waals surface area contributed by atoms with Gasteiger partial charge in [-0.1, -0.05) is 19.9 Å². The first-order chi connectivity index (χ1) is 13.9. The van der Waals surface area contributed by atoms with Crippen LogP contribution in [0.1, 0.15) is 70.9 Å². The predicted octanol–water partition coefficient (Wildman–Crippen LogP) is 4.83. The minimum atomic E-state index is 0.301. The van der Waals surface area contributed by atoms with E-state index in [-0.39, 0.29) is 0 Å². The summed E-state index contributed by atoms with van der Waals surface area (Å²) in [7, 11) is 2.05. The monoisotopic (exact) mass is 396 g/mol. The lowest BCUT2D eigenvalue weighted by Gasteiger charge is -2.61. The van der Waals surface area contributed by atoms with Crippen LogP contribution in [-0.2, 0) is 16.1 Å². The molecule has 3 saturated carbocycles. The number of likely N-dealkylation sites (tertiary alicyclic amines) is 1. The first-order valence-electron chi connectivity index (χ1n) is 11.7. The van der Waals surface area contributed by atoms with Crippen molar-refractivity contribution in [3.05, 3.63) is 30.1 Å². The van der Waals surface area contributed by atoms with E-state index in [1.54, 1.807) is 0 Å². The number of carbonyl (C=O) groups excluding carboxylic acids is 1. The van der Waals surface area contributed by atoms with E-state index in [2.05, 4.69) is 36.8 Å². The molecular weight excluding hydrogens is 360 g/mol. The van der Waals surface area contributed by atoms with Gasteiger partial charge in [-0.2, -0.15) is 0 Å². The summed E-state index contributed by atoms with van der Waals surface area (Å²) < 4.78 is 6.49. The molecule has 0 bridgehead atoms. The molecule has 2 heterocycles. The van der Waals surface area contributed by atoms with Gasteiger partial charge in [0.25, 0.3) is 0 Å². The fraction of sp³-hybridized carbons (Fsp3) is 0.760. The number of nitrogens with zero attached hydrogens (tertiary/aromatic N) is 2. The highest BCUT2D eigenvalue weighted by Gasteiger charge is 2.61. The average Bonchev–Trinajstić information content (AvgIpc) is 3.07. The number of carbonyl (C=O) groups is 1. The number of piperidine rings is 1. The highest BCUT2D eigenvalue weighted by Crippen LogP contribution is 2.65. The van der Waals surface area contributed by atoms with Crippen molar-refractivity contribution in [2.24, 2.45) is 28.6 Å². The molecule has 0 spiro atoms. The third-order valence-corrected chi connectivity index (χ3v) is 9.63. The number of amides is 1. The van der Waals surface area contributed by atoms with Gasteiger partial charge in [0.2, 0.25) is 5.91 Å². The number of hydrogen-bond acceptors (Lipinski definition) is 3. The molecule has 4 heteroatoms. The van der Waals surface area contributed by atoms with Crippen molar-refractivity contribution in [1.29, 1.82) is 0 Å². The molecule has 4 aliphatic rings. The minimum Gasteiger partial charge on any atom is -0.371 e. The molecule has 1 aromatic heterocycles. The normalized spacial score (nSPS) is 44.2. The van der Waals surface area contributed by atoms with E-state index >= 15 is 0 Å². The maximum atomic E-state index is 12.3. The fourth-order valence-corrected chi connectivity index (χ4v) is 8.05. The molecule has 1 amide bonds. The Morgan fingerprint density at radius 3 is 2.69 bits per heavy atom. The SMILES string of the molecule is CN1C(=O)CC[C@@]2(C)C1CC[C@@H]1[C@H]2CC[C@]2(C)C(OCc3ccccn3)CC[C@@H]12. The molecule has 0 N–H and O–H groups in total. The van der Waals surface area contributed by atoms with Crippen LogP contribution in [0.5, 0.6) is 0 Å². The van der Waals surface area contributed by atoms with Crippen LogP contribution in [0.15, 0.2) is 24.4 Å². The lowest BCUT2D eigenvalue weighted by molar-refractivity contribution is -0.162. The van der Waals surface area contributed by atoms with Crippen LogP contribution >= 0.6 is 0 Å². The topological polar surface area (TPSA) is 42.4 Å². The summed E-state index contributed by atoms with van der Waals surface area (Å²) >= 11 is 0. The molecular formula is C25H36N2O2. The molecule has 3 aliphatic carbocycles. The summed E-state index contributed by atoms with van der Waals surface area (Å²) in [6.45, 7) is 5.65. The largest absolute Gasteiger partial charge is 0.371 e. The second-order valence-corrected chi connectivity index (χ2v) is 10.7. The number of hydrogen-bond donors (Lipinski definition) is 0. The van der Waals surface area contributed by atoms with Crippen LogP contribution in [-0.4, -0.2) is 35.0 Å². The van der Waals surface area contributed by atoms with Gasteiger partial charge in [-0.3, -0.25) is 9.78 Å². The summed E-state index contributed by atoms with van der Waals surface area (Å²) in [6.07, 6.45) is 11.6. The van der Waals surface area contributed by atoms with E-state index in [1.807, 2.05) is 18.3 Å². The number of ether oxygens (including phenoxy) is 1. The van der Waals surface area contributed by atoms with Crippen LogP contribution < -0.4 is 0 Å². The first kappa shape index (κ1) is 19.5. The van der Waals surface area contributed by atoms with Crippen molar-refractivity contribution in [3.8, 4) is 0 Å². The molecule has 0 aromatic carbocycles. The third-order valence-electron chi connectivity index (χ3n) is 9.63. The van der Waals surface area contributed by atoms with Gasteiger partial charge in [0.05, 0.1) is 18.4 Å². The average molecular weight is 397 g/mol. The van der Waals surface area contributed by atoms with Crippen LogP contribution in [0.2, 0.25) is 0 Å². The van der Waals surface area contributed by atoms with Crippen LogP contribution in [0.4, 0.5) is 0 Å². The van der Waals surface area contributed by atoms with Gasteiger partial charge in [-0.05, 0) is 85.7 Å². The Hall–Kier alpha value is -1.42. The van der Waals surface area contributed by atoms with E-state index in [4.69, 9.17) is 4.74 Å². The predicted molar refractivity (Wildman–Crippen MR) is 113 cm³/mol. The Balaban J connectivity index is 1.33. The second kappa shape index (κ2) is 7.08. The third kappa shape index (κ3) is 2.97. The smallest absolute Gasteiger partial charge is 0.222 e. The zero-order valence-corrected chi connectivity index (χ0v) is 18.3. The fourth-order valence-electron chi connectivity index (χ4n) is 8.05. The minimum absolute atomic E-state index is 0.301. The van der Waals surface area contributed by atoms with Crippen LogP contribution in [0, 0.1) is 28.6 Å². The van der Waals surface area contributed by atoms with Crippen molar-refractivity contribution in [3.63, 3.8) is 0 Å². The summed E-state index contributed by atoms with van der Waals surface area (Å²) in [5, 5.41) is 0. The lowest BCUT2D eigenvalue weighted by Crippen LogP contribution is -2.61. The Morgan fingerprint density at radius 1 is 1.07 bits per heavy atom. The lowest BCUT2D eigenvalue weighted by atomic mass is 9.47. The number of aromatic nitrogens is 1. The van der Waals surface area contributed by atoms with Crippen molar-refractivity contribution in [2.75, 3.05) is 7.05 Å². The van der Waals surface area contributed by atoms with E-state index in [1.165, 1.54) is 38.5 Å². The molecule has 2 unspecified atom stereocenters. The van der Waals surface area contributed by atoms with E-state index in [0.717, 1.165) is 36.3 Å². The molecule has 158 valence electrons. The van der Waals surface area contributed by atoms with Gasteiger partial charge in [0.1, 0.15) is 0 Å². The Labute approximate surface area is 175 Å². The van der Waals surface area contributed by atoms with E-state index < -0.39 is 0 Å². The van der Waals surface area contributed by atoms with Crippen molar-refractivity contribution >= 4 is 5.91 Å². The zero-order chi connectivity index (χ0) is 20.2. The first-order valence-corrected chi connectivity index (χ1v) is 11.7. The van der Waals surface area contributed by atoms with Crippen molar-refractivity contribution < 1.29 is 9.53 Å². The van der Waals surface area contributed by atoms with Gasteiger partial charge in [-0.25, -0.2) is 0 Å². The molecule has 0 radical (unpaired) electrons. The number of rotatable bonds is 3. The van der Waals surface area contributed by atoms with Gasteiger partial charge in [0, 0.05) is 25.7 Å². The quantitative estimate of drug-likeness (QED) is 0.735. The van der Waals surface area contributed by atoms with Gasteiger partial charge in [0.15, 0.2) is 0 Å². The summed E-state index contributed by atoms with van der Waals surface area (Å²) in [6, 6.07) is 6.52. The second-order valence-electron chi connectivity index (χ2n) is 10.7. The van der Waals surface area contributed by atoms with E-state index in [0.29, 0.717) is 35.5 Å². The molecule has 1 aromatic rings. The standard InChI is InChI=1S/C25H36N2O2/c1-24-14-12-23(28)27(3)21(24)9-7-18-19-8-10-22(25(19,2)13-11-20(18)24)29-16-17-6-4-5-15-26-17/h4-6,15,18-22H,7-14,16H2,1-3H3/t18-,19-,20+,21?,22?,24+,25-/m0/s1. The Kier molecular flexibility index (Phi) is 4.77. The Morgan fingerprint density at radius 2 is 1.90 bits per heavy atom. The Bertz CT molecular complexity index is 767. The molecule has 4 nitrogen and oxygen atoms in total. The van der Waals surface area contributed by atoms with Gasteiger partial charge in [-0.15, -0.1) is 0 Å². The zero-order valence-electron chi connectivity index (χ0n) is 18.3. The van der Waals surface area contributed by atoms with E-state index in [9.17, 15) is 4.79 Å². The maximum absolute atomic E-state index is 12.3. The molecule has 5 rings (SSSR count). The van der Waals surface area contributed by atoms with Crippen LogP contribution in [0.3, 0.4) is 0 Å². The molecule has 29 heavy (non-hydrogen) atoms. The molecule has 7 atom stereocenters. The van der Waals surface area contributed by atoms with Crippen molar-refractivity contribution in [1.82, 2.24) is 9.88 Å². The molecule has 1 aliphatic heterocycles. The summed E-state index contributed by atoms with van der Waals surface area (Å²) in [5.74, 6) is 2.70. The number of fused-ring (bicyclic) bond motifs is 5. The van der Waals surface area contributed by atoms with Crippen molar-refractivity contribution in [2.45, 2.75) is 84.0 Å². The summed E-state index contributed by atoms with van der Waals surface area (Å²) in [4.78, 5) is 18.9.